The molecule has 3 N–H and O–H groups in total. The third kappa shape index (κ3) is 3.21. The number of hydrogen-bond donors (Lipinski definition) is 3. The van der Waals surface area contributed by atoms with Gasteiger partial charge >= 0.3 is 12.0 Å². The SMILES string of the molecule is CCN1CCCC1CNC(=O)N1C[C@H](O)C[C@H]1C(=O)O. The summed E-state index contributed by atoms with van der Waals surface area (Å²) >= 11 is 0. The molecule has 0 saturated carbocycles. The van der Waals surface area contributed by atoms with Crippen LogP contribution in [0.25, 0.3) is 0 Å². The number of likely N-dealkylation sites (N-methyl/N-ethyl adjacent to an activating group) is 1. The smallest absolute Gasteiger partial charge is 0.326 e. The molecule has 2 heterocycles. The van der Waals surface area contributed by atoms with Gasteiger partial charge in [-0.05, 0) is 25.9 Å². The molecule has 1 unspecified atom stereocenters. The first-order valence-electron chi connectivity index (χ1n) is 7.22. The Kier molecular flexibility index (Phi) is 4.82. The molecule has 2 fully saturated rings. The molecule has 2 amide bonds. The van der Waals surface area contributed by atoms with E-state index < -0.39 is 24.1 Å². The van der Waals surface area contributed by atoms with Gasteiger partial charge in [0.05, 0.1) is 6.10 Å². The Labute approximate surface area is 118 Å². The number of amides is 2. The fraction of sp³-hybridized carbons (Fsp3) is 0.846. The minimum atomic E-state index is -1.06. The largest absolute Gasteiger partial charge is 0.480 e. The lowest BCUT2D eigenvalue weighted by Gasteiger charge is -2.26. The summed E-state index contributed by atoms with van der Waals surface area (Å²) in [6.07, 6.45) is 1.54. The van der Waals surface area contributed by atoms with Gasteiger partial charge in [-0.3, -0.25) is 4.90 Å². The van der Waals surface area contributed by atoms with Crippen molar-refractivity contribution in [2.75, 3.05) is 26.2 Å². The van der Waals surface area contributed by atoms with Crippen molar-refractivity contribution >= 4 is 12.0 Å². The molecule has 20 heavy (non-hydrogen) atoms. The molecule has 2 aliphatic rings. The van der Waals surface area contributed by atoms with E-state index in [9.17, 15) is 14.7 Å². The second-order valence-corrected chi connectivity index (χ2v) is 5.51. The highest BCUT2D eigenvalue weighted by Crippen LogP contribution is 2.19. The number of carbonyl (C=O) groups excluding carboxylic acids is 1. The van der Waals surface area contributed by atoms with Crippen LogP contribution < -0.4 is 5.32 Å². The molecular formula is C13H23N3O4. The molecule has 0 spiro atoms. The number of hydrogen-bond acceptors (Lipinski definition) is 4. The predicted octanol–water partition coefficient (Wildman–Crippen LogP) is -0.300. The number of carboxylic acids is 1. The number of carbonyl (C=O) groups is 2. The molecule has 3 atom stereocenters. The van der Waals surface area contributed by atoms with E-state index in [1.165, 1.54) is 4.90 Å². The highest BCUT2D eigenvalue weighted by molar-refractivity contribution is 5.83. The van der Waals surface area contributed by atoms with Gasteiger partial charge in [0.15, 0.2) is 0 Å². The standard InChI is InChI=1S/C13H23N3O4/c1-2-15-5-3-4-9(15)7-14-13(20)16-8-10(17)6-11(16)12(18)19/h9-11,17H,2-8H2,1H3,(H,14,20)(H,18,19)/t9?,10-,11+/m1/s1. The van der Waals surface area contributed by atoms with Crippen molar-refractivity contribution in [1.29, 1.82) is 0 Å². The molecule has 0 aromatic rings. The Bertz CT molecular complexity index is 377. The van der Waals surface area contributed by atoms with Crippen LogP contribution in [-0.2, 0) is 4.79 Å². The van der Waals surface area contributed by atoms with E-state index in [1.54, 1.807) is 0 Å². The number of rotatable bonds is 4. The summed E-state index contributed by atoms with van der Waals surface area (Å²) in [4.78, 5) is 26.7. The molecular weight excluding hydrogens is 262 g/mol. The number of nitrogens with zero attached hydrogens (tertiary/aromatic N) is 2. The first kappa shape index (κ1) is 15.1. The van der Waals surface area contributed by atoms with Gasteiger partial charge in [-0.1, -0.05) is 6.92 Å². The first-order valence-corrected chi connectivity index (χ1v) is 7.22. The van der Waals surface area contributed by atoms with Crippen molar-refractivity contribution in [3.8, 4) is 0 Å². The highest BCUT2D eigenvalue weighted by Gasteiger charge is 2.39. The van der Waals surface area contributed by atoms with E-state index in [0.29, 0.717) is 12.6 Å². The van der Waals surface area contributed by atoms with Crippen LogP contribution in [0.15, 0.2) is 0 Å². The lowest BCUT2D eigenvalue weighted by molar-refractivity contribution is -0.141. The number of carboxylic acid groups (broad SMARTS) is 1. The van der Waals surface area contributed by atoms with Crippen molar-refractivity contribution in [3.63, 3.8) is 0 Å². The molecule has 2 rings (SSSR count). The number of aliphatic hydroxyl groups excluding tert-OH is 1. The maximum absolute atomic E-state index is 12.1. The van der Waals surface area contributed by atoms with Gasteiger partial charge in [-0.15, -0.1) is 0 Å². The first-order chi connectivity index (χ1) is 9.52. The summed E-state index contributed by atoms with van der Waals surface area (Å²) in [5, 5.41) is 21.4. The van der Waals surface area contributed by atoms with Gasteiger partial charge in [0.2, 0.25) is 0 Å². The maximum atomic E-state index is 12.1. The van der Waals surface area contributed by atoms with Crippen LogP contribution in [0.4, 0.5) is 4.79 Å². The number of β-amino-alcohol motifs (C(OH)–C–C–N with tert-alkyl or cyclic N) is 1. The van der Waals surface area contributed by atoms with E-state index >= 15 is 0 Å². The maximum Gasteiger partial charge on any atom is 0.326 e. The number of aliphatic hydroxyl groups is 1. The van der Waals surface area contributed by atoms with E-state index in [1.807, 2.05) is 0 Å². The van der Waals surface area contributed by atoms with Gasteiger partial charge in [-0.25, -0.2) is 9.59 Å². The zero-order valence-electron chi connectivity index (χ0n) is 11.8. The quantitative estimate of drug-likeness (QED) is 0.659. The lowest BCUT2D eigenvalue weighted by Crippen LogP contribution is -2.49. The summed E-state index contributed by atoms with van der Waals surface area (Å²) in [6, 6.07) is -0.979. The monoisotopic (exact) mass is 285 g/mol. The average Bonchev–Trinajstić information content (AvgIpc) is 3.01. The third-order valence-electron chi connectivity index (χ3n) is 4.22. The van der Waals surface area contributed by atoms with Crippen LogP contribution >= 0.6 is 0 Å². The van der Waals surface area contributed by atoms with Crippen molar-refractivity contribution in [3.05, 3.63) is 0 Å². The van der Waals surface area contributed by atoms with Gasteiger partial charge in [0.25, 0.3) is 0 Å². The van der Waals surface area contributed by atoms with Crippen LogP contribution in [-0.4, -0.2) is 76.4 Å². The molecule has 0 bridgehead atoms. The van der Waals surface area contributed by atoms with Gasteiger partial charge in [-0.2, -0.15) is 0 Å². The number of likely N-dealkylation sites (tertiary alicyclic amines) is 2. The normalized spacial score (nSPS) is 30.7. The van der Waals surface area contributed by atoms with E-state index in [0.717, 1.165) is 25.9 Å². The Morgan fingerprint density at radius 3 is 2.80 bits per heavy atom. The summed E-state index contributed by atoms with van der Waals surface area (Å²) in [5.74, 6) is -1.06. The summed E-state index contributed by atoms with van der Waals surface area (Å²) in [5.41, 5.74) is 0. The van der Waals surface area contributed by atoms with Crippen LogP contribution in [0, 0.1) is 0 Å². The minimum absolute atomic E-state index is 0.0883. The number of nitrogens with one attached hydrogen (secondary N) is 1. The summed E-state index contributed by atoms with van der Waals surface area (Å²) in [7, 11) is 0. The van der Waals surface area contributed by atoms with E-state index in [4.69, 9.17) is 5.11 Å². The second-order valence-electron chi connectivity index (χ2n) is 5.51. The van der Waals surface area contributed by atoms with Gasteiger partial charge in [0.1, 0.15) is 6.04 Å². The van der Waals surface area contributed by atoms with Crippen molar-refractivity contribution < 1.29 is 19.8 Å². The average molecular weight is 285 g/mol. The van der Waals surface area contributed by atoms with Crippen LogP contribution in [0.5, 0.6) is 0 Å². The molecule has 2 saturated heterocycles. The Morgan fingerprint density at radius 2 is 2.15 bits per heavy atom. The van der Waals surface area contributed by atoms with Crippen LogP contribution in [0.2, 0.25) is 0 Å². The highest BCUT2D eigenvalue weighted by atomic mass is 16.4. The zero-order valence-corrected chi connectivity index (χ0v) is 11.8. The van der Waals surface area contributed by atoms with Gasteiger partial charge < -0.3 is 20.4 Å². The van der Waals surface area contributed by atoms with E-state index in [-0.39, 0.29) is 13.0 Å². The van der Waals surface area contributed by atoms with Gasteiger partial charge in [0, 0.05) is 25.6 Å². The Hall–Kier alpha value is -1.34. The molecule has 2 aliphatic heterocycles. The number of aliphatic carboxylic acids is 1. The molecule has 0 aromatic carbocycles. The van der Waals surface area contributed by atoms with Crippen molar-refractivity contribution in [2.45, 2.75) is 44.4 Å². The predicted molar refractivity (Wildman–Crippen MR) is 72.4 cm³/mol. The molecule has 114 valence electrons. The molecule has 0 radical (unpaired) electrons. The van der Waals surface area contributed by atoms with Crippen LogP contribution in [0.1, 0.15) is 26.2 Å². The molecule has 0 aromatic heterocycles. The topological polar surface area (TPSA) is 93.1 Å². The fourth-order valence-corrected chi connectivity index (χ4v) is 3.12. The molecule has 0 aliphatic carbocycles. The second kappa shape index (κ2) is 6.41. The molecule has 7 nitrogen and oxygen atoms in total. The number of urea groups is 1. The fourth-order valence-electron chi connectivity index (χ4n) is 3.12. The Balaban J connectivity index is 1.86. The lowest BCUT2D eigenvalue weighted by atomic mass is 10.2. The summed E-state index contributed by atoms with van der Waals surface area (Å²) < 4.78 is 0. The van der Waals surface area contributed by atoms with Crippen molar-refractivity contribution in [2.24, 2.45) is 0 Å². The third-order valence-corrected chi connectivity index (χ3v) is 4.22. The minimum Gasteiger partial charge on any atom is -0.480 e. The zero-order chi connectivity index (χ0) is 14.7. The Morgan fingerprint density at radius 1 is 1.40 bits per heavy atom. The summed E-state index contributed by atoms with van der Waals surface area (Å²) in [6.45, 7) is 4.73. The van der Waals surface area contributed by atoms with Crippen molar-refractivity contribution in [1.82, 2.24) is 15.1 Å². The van der Waals surface area contributed by atoms with Crippen LogP contribution in [0.3, 0.4) is 0 Å². The van der Waals surface area contributed by atoms with E-state index in [2.05, 4.69) is 17.1 Å². The molecule has 7 heteroatoms.